The van der Waals surface area contributed by atoms with Gasteiger partial charge in [-0.05, 0) is 64.3 Å². The predicted molar refractivity (Wildman–Crippen MR) is 96.5 cm³/mol. The van der Waals surface area contributed by atoms with Gasteiger partial charge in [0, 0.05) is 12.2 Å². The summed E-state index contributed by atoms with van der Waals surface area (Å²) in [6, 6.07) is 6.09. The standard InChI is InChI=1S/C20H26FNO4/c1-14-17(22-18(26-14)15-9-11-16(21)12-10-15)8-6-4-5-7-13-25-20(2,3)19(23)24/h9-12H,4-8,13H2,1-3H3,(H,23,24). The van der Waals surface area contributed by atoms with Crippen LogP contribution in [0.1, 0.15) is 51.0 Å². The van der Waals surface area contributed by atoms with Gasteiger partial charge in [0.15, 0.2) is 5.60 Å². The summed E-state index contributed by atoms with van der Waals surface area (Å²) in [4.78, 5) is 15.5. The van der Waals surface area contributed by atoms with Crippen molar-refractivity contribution in [3.05, 3.63) is 41.5 Å². The van der Waals surface area contributed by atoms with E-state index in [-0.39, 0.29) is 5.82 Å². The molecular formula is C20H26FNO4. The summed E-state index contributed by atoms with van der Waals surface area (Å²) in [6.07, 6.45) is 4.60. The van der Waals surface area contributed by atoms with E-state index >= 15 is 0 Å². The summed E-state index contributed by atoms with van der Waals surface area (Å²) >= 11 is 0. The molecule has 26 heavy (non-hydrogen) atoms. The van der Waals surface area contributed by atoms with Crippen molar-refractivity contribution < 1.29 is 23.4 Å². The van der Waals surface area contributed by atoms with Crippen molar-refractivity contribution in [3.8, 4) is 11.5 Å². The molecule has 0 saturated heterocycles. The van der Waals surface area contributed by atoms with E-state index in [1.807, 2.05) is 6.92 Å². The van der Waals surface area contributed by atoms with Crippen LogP contribution in [0.2, 0.25) is 0 Å². The lowest BCUT2D eigenvalue weighted by molar-refractivity contribution is -0.161. The van der Waals surface area contributed by atoms with Crippen LogP contribution >= 0.6 is 0 Å². The number of ether oxygens (including phenoxy) is 1. The molecule has 0 bridgehead atoms. The minimum absolute atomic E-state index is 0.284. The number of rotatable bonds is 10. The number of halogens is 1. The number of aromatic nitrogens is 1. The first-order valence-corrected chi connectivity index (χ1v) is 8.89. The van der Waals surface area contributed by atoms with Gasteiger partial charge in [-0.3, -0.25) is 0 Å². The number of aryl methyl sites for hydroxylation is 2. The number of carboxylic acid groups (broad SMARTS) is 1. The number of hydrogen-bond acceptors (Lipinski definition) is 4. The van der Waals surface area contributed by atoms with Crippen LogP contribution in [0.3, 0.4) is 0 Å². The average Bonchev–Trinajstić information content (AvgIpc) is 2.95. The smallest absolute Gasteiger partial charge is 0.335 e. The second-order valence-corrected chi connectivity index (χ2v) is 6.86. The Bertz CT molecular complexity index is 722. The number of nitrogens with zero attached hydrogens (tertiary/aromatic N) is 1. The molecule has 142 valence electrons. The monoisotopic (exact) mass is 363 g/mol. The second kappa shape index (κ2) is 8.94. The molecule has 1 aromatic carbocycles. The van der Waals surface area contributed by atoms with E-state index in [4.69, 9.17) is 14.3 Å². The Balaban J connectivity index is 1.72. The van der Waals surface area contributed by atoms with E-state index in [2.05, 4.69) is 4.98 Å². The molecule has 0 aliphatic heterocycles. The van der Waals surface area contributed by atoms with Gasteiger partial charge >= 0.3 is 5.97 Å². The Morgan fingerprint density at radius 2 is 1.85 bits per heavy atom. The summed E-state index contributed by atoms with van der Waals surface area (Å²) < 4.78 is 24.1. The molecule has 2 aromatic rings. The van der Waals surface area contributed by atoms with Gasteiger partial charge in [-0.2, -0.15) is 0 Å². The summed E-state index contributed by atoms with van der Waals surface area (Å²) in [5.41, 5.74) is 0.556. The maximum atomic E-state index is 13.0. The van der Waals surface area contributed by atoms with Crippen LogP contribution in [0, 0.1) is 12.7 Å². The Hall–Kier alpha value is -2.21. The van der Waals surface area contributed by atoms with Crippen molar-refractivity contribution in [2.45, 2.75) is 58.5 Å². The van der Waals surface area contributed by atoms with E-state index in [1.165, 1.54) is 12.1 Å². The number of unbranched alkanes of at least 4 members (excludes halogenated alkanes) is 3. The van der Waals surface area contributed by atoms with Crippen molar-refractivity contribution in [1.29, 1.82) is 0 Å². The van der Waals surface area contributed by atoms with Crippen molar-refractivity contribution in [3.63, 3.8) is 0 Å². The normalized spacial score (nSPS) is 11.7. The maximum absolute atomic E-state index is 13.0. The van der Waals surface area contributed by atoms with E-state index < -0.39 is 11.6 Å². The van der Waals surface area contributed by atoms with Crippen LogP contribution in [0.5, 0.6) is 0 Å². The quantitative estimate of drug-likeness (QED) is 0.616. The number of carboxylic acids is 1. The zero-order chi connectivity index (χ0) is 19.2. The van der Waals surface area contributed by atoms with Gasteiger partial charge in [0.2, 0.25) is 5.89 Å². The number of hydrogen-bond donors (Lipinski definition) is 1. The molecule has 6 heteroatoms. The van der Waals surface area contributed by atoms with E-state index in [0.29, 0.717) is 12.5 Å². The van der Waals surface area contributed by atoms with Gasteiger partial charge in [-0.25, -0.2) is 14.2 Å². The Morgan fingerprint density at radius 1 is 1.19 bits per heavy atom. The fraction of sp³-hybridized carbons (Fsp3) is 0.500. The van der Waals surface area contributed by atoms with Gasteiger partial charge in [0.1, 0.15) is 11.6 Å². The Kier molecular flexibility index (Phi) is 6.91. The topological polar surface area (TPSA) is 72.6 Å². The van der Waals surface area contributed by atoms with Crippen LogP contribution < -0.4 is 0 Å². The highest BCUT2D eigenvalue weighted by molar-refractivity contribution is 5.76. The van der Waals surface area contributed by atoms with Crippen LogP contribution in [-0.4, -0.2) is 28.3 Å². The number of oxazole rings is 1. The molecule has 5 nitrogen and oxygen atoms in total. The highest BCUT2D eigenvalue weighted by Gasteiger charge is 2.27. The minimum Gasteiger partial charge on any atom is -0.479 e. The second-order valence-electron chi connectivity index (χ2n) is 6.86. The fourth-order valence-corrected chi connectivity index (χ4v) is 2.51. The van der Waals surface area contributed by atoms with E-state index in [0.717, 1.165) is 49.1 Å². The fourth-order valence-electron chi connectivity index (χ4n) is 2.51. The summed E-state index contributed by atoms with van der Waals surface area (Å²) in [6.45, 7) is 5.44. The molecular weight excluding hydrogens is 337 g/mol. The van der Waals surface area contributed by atoms with Crippen molar-refractivity contribution in [2.24, 2.45) is 0 Å². The van der Waals surface area contributed by atoms with Gasteiger partial charge in [-0.15, -0.1) is 0 Å². The average molecular weight is 363 g/mol. The molecule has 1 aromatic heterocycles. The third kappa shape index (κ3) is 5.66. The first-order chi connectivity index (χ1) is 12.3. The van der Waals surface area contributed by atoms with E-state index in [1.54, 1.807) is 26.0 Å². The first kappa shape index (κ1) is 20.1. The molecule has 0 saturated carbocycles. The zero-order valence-corrected chi connectivity index (χ0v) is 15.5. The summed E-state index contributed by atoms with van der Waals surface area (Å²) in [5, 5.41) is 8.97. The molecule has 0 radical (unpaired) electrons. The van der Waals surface area contributed by atoms with Crippen LogP contribution in [0.4, 0.5) is 4.39 Å². The van der Waals surface area contributed by atoms with Crippen LogP contribution in [-0.2, 0) is 16.0 Å². The molecule has 0 aliphatic carbocycles. The third-order valence-corrected chi connectivity index (χ3v) is 4.27. The van der Waals surface area contributed by atoms with Crippen LogP contribution in [0.25, 0.3) is 11.5 Å². The third-order valence-electron chi connectivity index (χ3n) is 4.27. The minimum atomic E-state index is -1.13. The lowest BCUT2D eigenvalue weighted by Gasteiger charge is -2.19. The SMILES string of the molecule is Cc1oc(-c2ccc(F)cc2)nc1CCCCCCOC(C)(C)C(=O)O. The zero-order valence-electron chi connectivity index (χ0n) is 15.5. The van der Waals surface area contributed by atoms with E-state index in [9.17, 15) is 9.18 Å². The predicted octanol–water partition coefficient (Wildman–Crippen LogP) is 4.77. The molecule has 0 unspecified atom stereocenters. The molecule has 1 heterocycles. The molecule has 0 amide bonds. The van der Waals surface area contributed by atoms with Crippen molar-refractivity contribution >= 4 is 5.97 Å². The Labute approximate surface area is 153 Å². The number of carbonyl (C=O) groups is 1. The van der Waals surface area contributed by atoms with Gasteiger partial charge < -0.3 is 14.3 Å². The maximum Gasteiger partial charge on any atom is 0.335 e. The molecule has 0 atom stereocenters. The highest BCUT2D eigenvalue weighted by atomic mass is 19.1. The summed E-state index contributed by atoms with van der Waals surface area (Å²) in [5.74, 6) is 0.0709. The van der Waals surface area contributed by atoms with Gasteiger partial charge in [0.25, 0.3) is 0 Å². The molecule has 0 fully saturated rings. The molecule has 1 N–H and O–H groups in total. The highest BCUT2D eigenvalue weighted by Crippen LogP contribution is 2.23. The summed E-state index contributed by atoms with van der Waals surface area (Å²) in [7, 11) is 0. The molecule has 0 spiro atoms. The number of aliphatic carboxylic acids is 1. The largest absolute Gasteiger partial charge is 0.479 e. The van der Waals surface area contributed by atoms with Crippen LogP contribution in [0.15, 0.2) is 28.7 Å². The van der Waals surface area contributed by atoms with Crippen molar-refractivity contribution in [2.75, 3.05) is 6.61 Å². The number of benzene rings is 1. The first-order valence-electron chi connectivity index (χ1n) is 8.89. The van der Waals surface area contributed by atoms with Gasteiger partial charge in [-0.1, -0.05) is 12.8 Å². The molecule has 2 rings (SSSR count). The molecule has 0 aliphatic rings. The lowest BCUT2D eigenvalue weighted by atomic mass is 10.1. The van der Waals surface area contributed by atoms with Crippen molar-refractivity contribution in [1.82, 2.24) is 4.98 Å². The Morgan fingerprint density at radius 3 is 2.50 bits per heavy atom. The lowest BCUT2D eigenvalue weighted by Crippen LogP contribution is -2.35. The van der Waals surface area contributed by atoms with Gasteiger partial charge in [0.05, 0.1) is 5.69 Å².